The lowest BCUT2D eigenvalue weighted by Crippen LogP contribution is -2.37. The Hall–Kier alpha value is -3.04. The molecule has 1 aromatic heterocycles. The minimum absolute atomic E-state index is 0.219. The summed E-state index contributed by atoms with van der Waals surface area (Å²) >= 11 is 0. The lowest BCUT2D eigenvalue weighted by Gasteiger charge is -2.18. The van der Waals surface area contributed by atoms with Crippen LogP contribution in [0.15, 0.2) is 85.1 Å². The van der Waals surface area contributed by atoms with E-state index in [-0.39, 0.29) is 5.82 Å². The molecule has 168 valence electrons. The molecule has 0 bridgehead atoms. The molecule has 4 rings (SSSR count). The van der Waals surface area contributed by atoms with Crippen LogP contribution in [0.5, 0.6) is 0 Å². The van der Waals surface area contributed by atoms with Crippen LogP contribution in [-0.2, 0) is 6.42 Å². The third kappa shape index (κ3) is 5.48. The third-order valence-electron chi connectivity index (χ3n) is 6.02. The highest BCUT2D eigenvalue weighted by Crippen LogP contribution is 2.31. The molecule has 0 atom stereocenters. The van der Waals surface area contributed by atoms with Gasteiger partial charge in [-0.2, -0.15) is 0 Å². The van der Waals surface area contributed by atoms with Gasteiger partial charge in [-0.05, 0) is 58.9 Å². The highest BCUT2D eigenvalue weighted by molar-refractivity contribution is 6.88. The van der Waals surface area contributed by atoms with Crippen LogP contribution in [0.1, 0.15) is 19.4 Å². The number of rotatable bonds is 6. The number of benzene rings is 3. The van der Waals surface area contributed by atoms with Gasteiger partial charge in [0.2, 0.25) is 0 Å². The Bertz CT molecular complexity index is 1240. The number of halogens is 1. The number of hydrogen-bond donors (Lipinski definition) is 0. The zero-order valence-electron chi connectivity index (χ0n) is 20.2. The van der Waals surface area contributed by atoms with E-state index >= 15 is 0 Å². The molecular formula is C30H32FNSi. The monoisotopic (exact) mass is 453 g/mol. The van der Waals surface area contributed by atoms with Crippen LogP contribution in [0.25, 0.3) is 33.5 Å². The van der Waals surface area contributed by atoms with E-state index in [0.29, 0.717) is 5.92 Å². The summed E-state index contributed by atoms with van der Waals surface area (Å²) in [6, 6.07) is 26.3. The Morgan fingerprint density at radius 3 is 2.03 bits per heavy atom. The Labute approximate surface area is 198 Å². The summed E-state index contributed by atoms with van der Waals surface area (Å²) in [5, 5.41) is 1.47. The van der Waals surface area contributed by atoms with Crippen LogP contribution in [-0.4, -0.2) is 13.1 Å². The molecule has 0 spiro atoms. The first kappa shape index (κ1) is 23.1. The number of hydrogen-bond acceptors (Lipinski definition) is 1. The van der Waals surface area contributed by atoms with E-state index in [2.05, 4.69) is 82.0 Å². The second kappa shape index (κ2) is 9.44. The third-order valence-corrected chi connectivity index (χ3v) is 8.08. The van der Waals surface area contributed by atoms with E-state index in [9.17, 15) is 4.39 Å². The van der Waals surface area contributed by atoms with Gasteiger partial charge in [-0.15, -0.1) is 0 Å². The van der Waals surface area contributed by atoms with E-state index in [0.717, 1.165) is 28.8 Å². The van der Waals surface area contributed by atoms with E-state index in [4.69, 9.17) is 4.98 Å². The topological polar surface area (TPSA) is 12.9 Å². The van der Waals surface area contributed by atoms with Crippen LogP contribution in [0, 0.1) is 11.7 Å². The molecule has 0 fully saturated rings. The zero-order valence-corrected chi connectivity index (χ0v) is 21.2. The molecule has 0 unspecified atom stereocenters. The SMILES string of the molecule is CC(C)Cc1cc(-c2cccc(-c3ccc(F)cc3)c2)ncc1-c1ccc([Si](C)(C)C)cc1. The molecule has 0 amide bonds. The van der Waals surface area contributed by atoms with Crippen LogP contribution >= 0.6 is 0 Å². The van der Waals surface area contributed by atoms with Gasteiger partial charge in [0.1, 0.15) is 5.82 Å². The smallest absolute Gasteiger partial charge is 0.123 e. The summed E-state index contributed by atoms with van der Waals surface area (Å²) in [6.07, 6.45) is 3.03. The van der Waals surface area contributed by atoms with Gasteiger partial charge in [0.25, 0.3) is 0 Å². The molecule has 3 heteroatoms. The molecule has 0 saturated heterocycles. The van der Waals surface area contributed by atoms with Gasteiger partial charge < -0.3 is 0 Å². The van der Waals surface area contributed by atoms with Crippen LogP contribution in [0.3, 0.4) is 0 Å². The minimum atomic E-state index is -1.32. The Kier molecular flexibility index (Phi) is 6.62. The lowest BCUT2D eigenvalue weighted by atomic mass is 9.93. The van der Waals surface area contributed by atoms with Gasteiger partial charge in [0, 0.05) is 17.3 Å². The molecule has 1 nitrogen and oxygen atoms in total. The summed E-state index contributed by atoms with van der Waals surface area (Å²) in [5.74, 6) is 0.328. The maximum absolute atomic E-state index is 13.3. The standard InChI is InChI=1S/C30H32FNSi/c1-21(2)17-26-19-30(25-8-6-7-24(18-25)22-9-13-27(31)14-10-22)32-20-29(26)23-11-15-28(16-12-23)33(3,4)5/h6-16,18-21H,17H2,1-5H3. The predicted octanol–water partition coefficient (Wildman–Crippen LogP) is 7.97. The predicted molar refractivity (Wildman–Crippen MR) is 142 cm³/mol. The van der Waals surface area contributed by atoms with Crippen molar-refractivity contribution in [2.24, 2.45) is 5.92 Å². The molecule has 33 heavy (non-hydrogen) atoms. The van der Waals surface area contributed by atoms with Crippen molar-refractivity contribution >= 4 is 13.3 Å². The fraction of sp³-hybridized carbons (Fsp3) is 0.233. The molecule has 0 N–H and O–H groups in total. The molecular weight excluding hydrogens is 421 g/mol. The van der Waals surface area contributed by atoms with E-state index in [1.165, 1.54) is 34.0 Å². The Morgan fingerprint density at radius 1 is 0.758 bits per heavy atom. The van der Waals surface area contributed by atoms with E-state index in [1.54, 1.807) is 0 Å². The van der Waals surface area contributed by atoms with Crippen LogP contribution in [0.4, 0.5) is 4.39 Å². The molecule has 3 aromatic carbocycles. The second-order valence-electron chi connectivity index (χ2n) is 10.2. The number of aromatic nitrogens is 1. The zero-order chi connectivity index (χ0) is 23.6. The average Bonchev–Trinajstić information content (AvgIpc) is 2.79. The first-order valence-electron chi connectivity index (χ1n) is 11.7. The summed E-state index contributed by atoms with van der Waals surface area (Å²) in [5.41, 5.74) is 7.86. The Balaban J connectivity index is 1.73. The first-order valence-corrected chi connectivity index (χ1v) is 15.2. The largest absolute Gasteiger partial charge is 0.256 e. The van der Waals surface area contributed by atoms with Crippen LogP contribution in [0.2, 0.25) is 19.6 Å². The lowest BCUT2D eigenvalue weighted by molar-refractivity contribution is 0.628. The second-order valence-corrected chi connectivity index (χ2v) is 15.3. The normalized spacial score (nSPS) is 11.7. The van der Waals surface area contributed by atoms with E-state index < -0.39 is 8.07 Å². The van der Waals surface area contributed by atoms with Crippen molar-refractivity contribution in [3.8, 4) is 33.5 Å². The van der Waals surface area contributed by atoms with Crippen molar-refractivity contribution in [2.75, 3.05) is 0 Å². The highest BCUT2D eigenvalue weighted by atomic mass is 28.3. The molecule has 1 heterocycles. The van der Waals surface area contributed by atoms with Gasteiger partial charge in [0.15, 0.2) is 0 Å². The van der Waals surface area contributed by atoms with Gasteiger partial charge in [-0.25, -0.2) is 4.39 Å². The molecule has 0 radical (unpaired) electrons. The summed E-state index contributed by atoms with van der Waals surface area (Å²) in [6.45, 7) is 11.6. The quantitative estimate of drug-likeness (QED) is 0.270. The van der Waals surface area contributed by atoms with Crippen molar-refractivity contribution in [3.63, 3.8) is 0 Å². The fourth-order valence-electron chi connectivity index (χ4n) is 4.17. The summed E-state index contributed by atoms with van der Waals surface area (Å²) in [7, 11) is -1.32. The molecule has 0 aliphatic rings. The minimum Gasteiger partial charge on any atom is -0.256 e. The number of pyridine rings is 1. The molecule has 4 aromatic rings. The van der Waals surface area contributed by atoms with E-state index in [1.807, 2.05) is 24.4 Å². The summed E-state index contributed by atoms with van der Waals surface area (Å²) in [4.78, 5) is 4.86. The average molecular weight is 454 g/mol. The summed E-state index contributed by atoms with van der Waals surface area (Å²) < 4.78 is 13.3. The maximum Gasteiger partial charge on any atom is 0.123 e. The van der Waals surface area contributed by atoms with Crippen molar-refractivity contribution in [1.82, 2.24) is 4.98 Å². The fourth-order valence-corrected chi connectivity index (χ4v) is 5.34. The van der Waals surface area contributed by atoms with Crippen molar-refractivity contribution in [2.45, 2.75) is 39.9 Å². The molecule has 0 aliphatic heterocycles. The highest BCUT2D eigenvalue weighted by Gasteiger charge is 2.17. The maximum atomic E-state index is 13.3. The van der Waals surface area contributed by atoms with Crippen molar-refractivity contribution in [3.05, 3.63) is 96.4 Å². The molecule has 0 saturated carbocycles. The number of nitrogens with zero attached hydrogens (tertiary/aromatic N) is 1. The van der Waals surface area contributed by atoms with Gasteiger partial charge in [-0.3, -0.25) is 4.98 Å². The van der Waals surface area contributed by atoms with Crippen molar-refractivity contribution in [1.29, 1.82) is 0 Å². The van der Waals surface area contributed by atoms with Crippen LogP contribution < -0.4 is 5.19 Å². The first-order chi connectivity index (χ1) is 15.7. The van der Waals surface area contributed by atoms with Gasteiger partial charge >= 0.3 is 0 Å². The van der Waals surface area contributed by atoms with Gasteiger partial charge in [-0.1, -0.05) is 93.3 Å². The molecule has 0 aliphatic carbocycles. The Morgan fingerprint density at radius 2 is 1.39 bits per heavy atom. The van der Waals surface area contributed by atoms with Gasteiger partial charge in [0.05, 0.1) is 13.8 Å². The van der Waals surface area contributed by atoms with Crippen molar-refractivity contribution < 1.29 is 4.39 Å².